The van der Waals surface area contributed by atoms with E-state index in [2.05, 4.69) is 10.3 Å². The summed E-state index contributed by atoms with van der Waals surface area (Å²) in [5, 5.41) is 4.63. The van der Waals surface area contributed by atoms with Crippen LogP contribution in [0.5, 0.6) is 0 Å². The number of nitrogens with two attached hydrogens (primary N) is 1. The monoisotopic (exact) mass is 250 g/mol. The van der Waals surface area contributed by atoms with Crippen molar-refractivity contribution in [3.63, 3.8) is 0 Å². The highest BCUT2D eigenvalue weighted by atomic mass is 32.2. The number of hydrogen-bond acceptors (Lipinski definition) is 5. The third kappa shape index (κ3) is 2.19. The molecule has 0 saturated carbocycles. The lowest BCUT2D eigenvalue weighted by molar-refractivity contribution is 0.687. The van der Waals surface area contributed by atoms with Crippen LogP contribution in [-0.2, 0) is 12.8 Å². The van der Waals surface area contributed by atoms with Gasteiger partial charge in [-0.15, -0.1) is 11.8 Å². The predicted molar refractivity (Wildman–Crippen MR) is 69.4 cm³/mol. The SMILES string of the molecule is NCCc1nc2c(c(C3CCNC3)n1)CCS2. The topological polar surface area (TPSA) is 63.8 Å². The molecular formula is C12H18N4S. The molecule has 0 bridgehead atoms. The lowest BCUT2D eigenvalue weighted by Crippen LogP contribution is -2.14. The molecule has 4 nitrogen and oxygen atoms in total. The molecule has 1 saturated heterocycles. The predicted octanol–water partition coefficient (Wildman–Crippen LogP) is 0.703. The highest BCUT2D eigenvalue weighted by Gasteiger charge is 2.26. The molecule has 0 amide bonds. The van der Waals surface area contributed by atoms with Gasteiger partial charge in [0.15, 0.2) is 0 Å². The van der Waals surface area contributed by atoms with Gasteiger partial charge in [-0.05, 0) is 25.9 Å². The van der Waals surface area contributed by atoms with Crippen LogP contribution in [0.15, 0.2) is 5.03 Å². The first-order valence-corrected chi connectivity index (χ1v) is 7.30. The molecule has 1 aromatic rings. The molecule has 1 fully saturated rings. The first kappa shape index (κ1) is 11.4. The molecule has 3 N–H and O–H groups in total. The summed E-state index contributed by atoms with van der Waals surface area (Å²) in [4.78, 5) is 9.40. The summed E-state index contributed by atoms with van der Waals surface area (Å²) in [6.45, 7) is 2.81. The smallest absolute Gasteiger partial charge is 0.131 e. The number of aromatic nitrogens is 2. The van der Waals surface area contributed by atoms with Crippen LogP contribution in [0, 0.1) is 0 Å². The Morgan fingerprint density at radius 2 is 2.35 bits per heavy atom. The van der Waals surface area contributed by atoms with Gasteiger partial charge in [-0.25, -0.2) is 9.97 Å². The highest BCUT2D eigenvalue weighted by Crippen LogP contribution is 2.35. The molecule has 1 atom stereocenters. The van der Waals surface area contributed by atoms with E-state index in [4.69, 9.17) is 10.7 Å². The van der Waals surface area contributed by atoms with Crippen molar-refractivity contribution in [2.75, 3.05) is 25.4 Å². The van der Waals surface area contributed by atoms with Crippen LogP contribution in [0.4, 0.5) is 0 Å². The van der Waals surface area contributed by atoms with Crippen molar-refractivity contribution in [2.24, 2.45) is 5.73 Å². The van der Waals surface area contributed by atoms with Crippen molar-refractivity contribution in [1.29, 1.82) is 0 Å². The maximum atomic E-state index is 5.61. The van der Waals surface area contributed by atoms with Crippen molar-refractivity contribution in [2.45, 2.75) is 30.2 Å². The van der Waals surface area contributed by atoms with Gasteiger partial charge in [0.2, 0.25) is 0 Å². The van der Waals surface area contributed by atoms with Gasteiger partial charge in [-0.1, -0.05) is 0 Å². The van der Waals surface area contributed by atoms with E-state index in [1.165, 1.54) is 22.7 Å². The Morgan fingerprint density at radius 3 is 3.12 bits per heavy atom. The molecular weight excluding hydrogens is 232 g/mol. The molecule has 2 aliphatic rings. The fourth-order valence-corrected chi connectivity index (χ4v) is 3.65. The zero-order chi connectivity index (χ0) is 11.7. The van der Waals surface area contributed by atoms with Crippen LogP contribution < -0.4 is 11.1 Å². The Labute approximate surface area is 106 Å². The first-order valence-electron chi connectivity index (χ1n) is 6.31. The zero-order valence-electron chi connectivity index (χ0n) is 9.91. The van der Waals surface area contributed by atoms with Crippen molar-refractivity contribution in [3.05, 3.63) is 17.1 Å². The zero-order valence-corrected chi connectivity index (χ0v) is 10.7. The second-order valence-electron chi connectivity index (χ2n) is 4.64. The maximum absolute atomic E-state index is 5.61. The highest BCUT2D eigenvalue weighted by molar-refractivity contribution is 7.99. The van der Waals surface area contributed by atoms with E-state index in [1.807, 2.05) is 11.8 Å². The molecule has 0 radical (unpaired) electrons. The fourth-order valence-electron chi connectivity index (χ4n) is 2.60. The Kier molecular flexibility index (Phi) is 3.31. The first-order chi connectivity index (χ1) is 8.38. The van der Waals surface area contributed by atoms with E-state index in [0.29, 0.717) is 12.5 Å². The molecule has 3 rings (SSSR count). The van der Waals surface area contributed by atoms with E-state index in [0.717, 1.165) is 37.5 Å². The van der Waals surface area contributed by atoms with Crippen LogP contribution in [0.25, 0.3) is 0 Å². The van der Waals surface area contributed by atoms with E-state index in [9.17, 15) is 0 Å². The normalized spacial score (nSPS) is 23.0. The summed E-state index contributed by atoms with van der Waals surface area (Å²) in [5.74, 6) is 2.67. The minimum Gasteiger partial charge on any atom is -0.330 e. The molecule has 1 aromatic heterocycles. The van der Waals surface area contributed by atoms with Crippen molar-refractivity contribution >= 4 is 11.8 Å². The average Bonchev–Trinajstić information content (AvgIpc) is 2.99. The third-order valence-electron chi connectivity index (χ3n) is 3.45. The van der Waals surface area contributed by atoms with Gasteiger partial charge < -0.3 is 11.1 Å². The van der Waals surface area contributed by atoms with Gasteiger partial charge in [-0.3, -0.25) is 0 Å². The number of fused-ring (bicyclic) bond motifs is 1. The second-order valence-corrected chi connectivity index (χ2v) is 5.72. The summed E-state index contributed by atoms with van der Waals surface area (Å²) in [5.41, 5.74) is 8.32. The lowest BCUT2D eigenvalue weighted by Gasteiger charge is -2.14. The molecule has 3 heterocycles. The molecule has 1 unspecified atom stereocenters. The van der Waals surface area contributed by atoms with Crippen LogP contribution >= 0.6 is 11.8 Å². The van der Waals surface area contributed by atoms with Gasteiger partial charge in [0, 0.05) is 30.2 Å². The number of thioether (sulfide) groups is 1. The lowest BCUT2D eigenvalue weighted by atomic mass is 9.99. The Hall–Kier alpha value is -0.650. The summed E-state index contributed by atoms with van der Waals surface area (Å²) < 4.78 is 0. The van der Waals surface area contributed by atoms with Crippen molar-refractivity contribution in [1.82, 2.24) is 15.3 Å². The Bertz CT molecular complexity index is 415. The molecule has 5 heteroatoms. The van der Waals surface area contributed by atoms with Gasteiger partial charge >= 0.3 is 0 Å². The van der Waals surface area contributed by atoms with Gasteiger partial charge in [0.05, 0.1) is 5.69 Å². The number of nitrogens with one attached hydrogen (secondary N) is 1. The van der Waals surface area contributed by atoms with Gasteiger partial charge in [0.1, 0.15) is 10.9 Å². The Balaban J connectivity index is 1.99. The van der Waals surface area contributed by atoms with E-state index < -0.39 is 0 Å². The number of nitrogens with zero attached hydrogens (tertiary/aromatic N) is 2. The standard InChI is InChI=1S/C12H18N4S/c13-4-1-10-15-11(8-2-5-14-7-8)9-3-6-17-12(9)16-10/h8,14H,1-7,13H2. The summed E-state index contributed by atoms with van der Waals surface area (Å²) in [6, 6.07) is 0. The van der Waals surface area contributed by atoms with E-state index in [1.54, 1.807) is 0 Å². The third-order valence-corrected chi connectivity index (χ3v) is 4.47. The van der Waals surface area contributed by atoms with Crippen LogP contribution in [0.1, 0.15) is 29.4 Å². The maximum Gasteiger partial charge on any atom is 0.131 e. The minimum atomic E-state index is 0.585. The quantitative estimate of drug-likeness (QED) is 0.773. The molecule has 0 spiro atoms. The van der Waals surface area contributed by atoms with Crippen LogP contribution in [0.3, 0.4) is 0 Å². The molecule has 92 valence electrons. The average molecular weight is 250 g/mol. The molecule has 0 aromatic carbocycles. The van der Waals surface area contributed by atoms with Crippen LogP contribution in [-0.4, -0.2) is 35.4 Å². The molecule has 2 aliphatic heterocycles. The molecule has 0 aliphatic carbocycles. The van der Waals surface area contributed by atoms with E-state index in [-0.39, 0.29) is 0 Å². The van der Waals surface area contributed by atoms with E-state index >= 15 is 0 Å². The van der Waals surface area contributed by atoms with Gasteiger partial charge in [0.25, 0.3) is 0 Å². The Morgan fingerprint density at radius 1 is 1.41 bits per heavy atom. The fraction of sp³-hybridized carbons (Fsp3) is 0.667. The summed E-state index contributed by atoms with van der Waals surface area (Å²) in [7, 11) is 0. The van der Waals surface area contributed by atoms with Crippen molar-refractivity contribution < 1.29 is 0 Å². The number of rotatable bonds is 3. The number of hydrogen-bond donors (Lipinski definition) is 2. The summed E-state index contributed by atoms with van der Waals surface area (Å²) >= 11 is 1.87. The minimum absolute atomic E-state index is 0.585. The summed E-state index contributed by atoms with van der Waals surface area (Å²) in [6.07, 6.45) is 3.13. The van der Waals surface area contributed by atoms with Crippen molar-refractivity contribution in [3.8, 4) is 0 Å². The van der Waals surface area contributed by atoms with Gasteiger partial charge in [-0.2, -0.15) is 0 Å². The largest absolute Gasteiger partial charge is 0.330 e. The second kappa shape index (κ2) is 4.92. The molecule has 17 heavy (non-hydrogen) atoms. The van der Waals surface area contributed by atoms with Crippen LogP contribution in [0.2, 0.25) is 0 Å².